The smallest absolute Gasteiger partial charge is 0.187 e. The standard InChI is InChI=1S/C12H21O10/c13-1-4-7(15)9(17)6(3-20-4)22-12-11(19)10(18)8(16)5(2-14)21-12/h3-19H,1-2H2/t4-,5-,6-,7-,8-,9-,10+,11+,12-/m1/s1. The molecule has 7 N–H and O–H groups in total. The molecule has 2 fully saturated rings. The van der Waals surface area contributed by atoms with Gasteiger partial charge < -0.3 is 50.0 Å². The van der Waals surface area contributed by atoms with E-state index in [1.807, 2.05) is 0 Å². The van der Waals surface area contributed by atoms with E-state index in [0.29, 0.717) is 0 Å². The van der Waals surface area contributed by atoms with Crippen LogP contribution in [0.25, 0.3) is 0 Å². The van der Waals surface area contributed by atoms with Crippen LogP contribution >= 0.6 is 0 Å². The SMILES string of the molecule is OC[C@H]1O[C@H](O[C@@H]2[CH]O[C@H](CO)[C@@H](O)[C@@H]2O)[C@@H](O)[C@@H](O)[C@@H]1O. The number of aliphatic hydroxyl groups excluding tert-OH is 7. The van der Waals surface area contributed by atoms with Crippen molar-refractivity contribution in [1.82, 2.24) is 0 Å². The molecule has 0 aliphatic carbocycles. The van der Waals surface area contributed by atoms with Gasteiger partial charge >= 0.3 is 0 Å². The first kappa shape index (κ1) is 17.9. The minimum Gasteiger partial charge on any atom is -0.394 e. The van der Waals surface area contributed by atoms with Crippen LogP contribution in [0, 0.1) is 6.61 Å². The van der Waals surface area contributed by atoms with Crippen molar-refractivity contribution >= 4 is 0 Å². The van der Waals surface area contributed by atoms with Gasteiger partial charge in [-0.3, -0.25) is 0 Å². The zero-order valence-electron chi connectivity index (χ0n) is 11.5. The quantitative estimate of drug-likeness (QED) is 0.267. The molecule has 9 atom stereocenters. The van der Waals surface area contributed by atoms with E-state index >= 15 is 0 Å². The van der Waals surface area contributed by atoms with Crippen LogP contribution in [0.3, 0.4) is 0 Å². The van der Waals surface area contributed by atoms with Crippen LogP contribution in [0.1, 0.15) is 0 Å². The molecule has 0 spiro atoms. The van der Waals surface area contributed by atoms with Gasteiger partial charge in [-0.15, -0.1) is 0 Å². The fourth-order valence-electron chi connectivity index (χ4n) is 2.35. The lowest BCUT2D eigenvalue weighted by Gasteiger charge is -2.43. The number of hydrogen-bond acceptors (Lipinski definition) is 10. The van der Waals surface area contributed by atoms with Gasteiger partial charge in [0.05, 0.1) is 13.2 Å². The second-order valence-electron chi connectivity index (χ2n) is 5.27. The van der Waals surface area contributed by atoms with Gasteiger partial charge in [-0.05, 0) is 0 Å². The normalized spacial score (nSPS) is 50.0. The zero-order valence-corrected chi connectivity index (χ0v) is 11.5. The third-order valence-electron chi connectivity index (χ3n) is 3.77. The molecule has 2 saturated heterocycles. The fourth-order valence-corrected chi connectivity index (χ4v) is 2.35. The average molecular weight is 325 g/mol. The molecule has 22 heavy (non-hydrogen) atoms. The molecule has 10 heteroatoms. The molecule has 2 aliphatic rings. The Morgan fingerprint density at radius 1 is 0.773 bits per heavy atom. The molecule has 0 aromatic carbocycles. The molecule has 129 valence electrons. The Morgan fingerprint density at radius 2 is 1.36 bits per heavy atom. The summed E-state index contributed by atoms with van der Waals surface area (Å²) >= 11 is 0. The molecule has 0 bridgehead atoms. The summed E-state index contributed by atoms with van der Waals surface area (Å²) < 4.78 is 15.4. The predicted molar refractivity (Wildman–Crippen MR) is 66.9 cm³/mol. The highest BCUT2D eigenvalue weighted by Crippen LogP contribution is 2.27. The van der Waals surface area contributed by atoms with E-state index in [1.54, 1.807) is 0 Å². The van der Waals surface area contributed by atoms with E-state index in [2.05, 4.69) is 0 Å². The van der Waals surface area contributed by atoms with E-state index in [1.165, 1.54) is 0 Å². The van der Waals surface area contributed by atoms with Crippen molar-refractivity contribution in [3.8, 4) is 0 Å². The predicted octanol–water partition coefficient (Wildman–Crippen LogP) is -4.55. The van der Waals surface area contributed by atoms with Crippen LogP contribution in [0.5, 0.6) is 0 Å². The van der Waals surface area contributed by atoms with E-state index in [-0.39, 0.29) is 0 Å². The molecular weight excluding hydrogens is 304 g/mol. The third-order valence-corrected chi connectivity index (χ3v) is 3.77. The largest absolute Gasteiger partial charge is 0.394 e. The number of ether oxygens (including phenoxy) is 3. The van der Waals surface area contributed by atoms with Gasteiger partial charge in [-0.25, -0.2) is 0 Å². The van der Waals surface area contributed by atoms with Gasteiger partial charge in [0.15, 0.2) is 6.29 Å². The van der Waals surface area contributed by atoms with Crippen LogP contribution in [0.15, 0.2) is 0 Å². The molecule has 0 saturated carbocycles. The molecule has 0 unspecified atom stereocenters. The maximum absolute atomic E-state index is 9.90. The Labute approximate surface area is 126 Å². The van der Waals surface area contributed by atoms with Crippen molar-refractivity contribution in [2.24, 2.45) is 0 Å². The van der Waals surface area contributed by atoms with Crippen LogP contribution in [0.4, 0.5) is 0 Å². The molecule has 10 nitrogen and oxygen atoms in total. The lowest BCUT2D eigenvalue weighted by atomic mass is 9.98. The van der Waals surface area contributed by atoms with Gasteiger partial charge in [-0.1, -0.05) is 0 Å². The Hall–Kier alpha value is -0.400. The highest BCUT2D eigenvalue weighted by Gasteiger charge is 2.47. The van der Waals surface area contributed by atoms with Crippen molar-refractivity contribution in [3.05, 3.63) is 6.61 Å². The summed E-state index contributed by atoms with van der Waals surface area (Å²) in [7, 11) is 0. The maximum atomic E-state index is 9.90. The van der Waals surface area contributed by atoms with Crippen LogP contribution < -0.4 is 0 Å². The van der Waals surface area contributed by atoms with Gasteiger partial charge in [-0.2, -0.15) is 0 Å². The number of hydrogen-bond donors (Lipinski definition) is 7. The number of rotatable bonds is 4. The molecule has 0 aromatic rings. The van der Waals surface area contributed by atoms with Crippen molar-refractivity contribution in [1.29, 1.82) is 0 Å². The number of aliphatic hydroxyl groups is 7. The van der Waals surface area contributed by atoms with Crippen molar-refractivity contribution in [2.75, 3.05) is 13.2 Å². The van der Waals surface area contributed by atoms with E-state index < -0.39 is 68.3 Å². The summed E-state index contributed by atoms with van der Waals surface area (Å²) in [4.78, 5) is 0. The fraction of sp³-hybridized carbons (Fsp3) is 0.917. The Bertz CT molecular complexity index is 353. The minimum absolute atomic E-state index is 0.512. The van der Waals surface area contributed by atoms with Crippen molar-refractivity contribution in [3.63, 3.8) is 0 Å². The van der Waals surface area contributed by atoms with Crippen LogP contribution in [0.2, 0.25) is 0 Å². The topological polar surface area (TPSA) is 169 Å². The van der Waals surface area contributed by atoms with Crippen molar-refractivity contribution < 1.29 is 50.0 Å². The maximum Gasteiger partial charge on any atom is 0.187 e. The average Bonchev–Trinajstić information content (AvgIpc) is 2.52. The summed E-state index contributed by atoms with van der Waals surface area (Å²) in [6.07, 6.45) is -12.5. The van der Waals surface area contributed by atoms with Crippen LogP contribution in [-0.2, 0) is 14.2 Å². The molecule has 0 amide bonds. The minimum atomic E-state index is -1.63. The van der Waals surface area contributed by atoms with E-state index in [0.717, 1.165) is 6.61 Å². The molecule has 1 radical (unpaired) electrons. The van der Waals surface area contributed by atoms with Gasteiger partial charge in [0, 0.05) is 0 Å². The van der Waals surface area contributed by atoms with E-state index in [4.69, 9.17) is 24.4 Å². The zero-order chi connectivity index (χ0) is 16.4. The summed E-state index contributed by atoms with van der Waals surface area (Å²) in [6, 6.07) is 0. The molecular formula is C12H21O10. The summed E-state index contributed by atoms with van der Waals surface area (Å²) in [5, 5.41) is 66.7. The highest BCUT2D eigenvalue weighted by molar-refractivity contribution is 4.95. The first-order chi connectivity index (χ1) is 10.4. The first-order valence-corrected chi connectivity index (χ1v) is 6.82. The monoisotopic (exact) mass is 325 g/mol. The van der Waals surface area contributed by atoms with Gasteiger partial charge in [0.25, 0.3) is 0 Å². The van der Waals surface area contributed by atoms with Gasteiger partial charge in [0.1, 0.15) is 55.4 Å². The lowest BCUT2D eigenvalue weighted by molar-refractivity contribution is -0.325. The molecule has 0 aromatic heterocycles. The lowest BCUT2D eigenvalue weighted by Crippen LogP contribution is -2.61. The molecule has 2 heterocycles. The highest BCUT2D eigenvalue weighted by atomic mass is 16.7. The van der Waals surface area contributed by atoms with Gasteiger partial charge in [0.2, 0.25) is 0 Å². The Morgan fingerprint density at radius 3 is 1.95 bits per heavy atom. The second kappa shape index (κ2) is 7.45. The Balaban J connectivity index is 2.00. The Kier molecular flexibility index (Phi) is 6.07. The van der Waals surface area contributed by atoms with Crippen molar-refractivity contribution in [2.45, 2.75) is 55.1 Å². The first-order valence-electron chi connectivity index (χ1n) is 6.82. The summed E-state index contributed by atoms with van der Waals surface area (Å²) in [6.45, 7) is -0.103. The summed E-state index contributed by atoms with van der Waals surface area (Å²) in [5.74, 6) is 0. The third kappa shape index (κ3) is 3.41. The summed E-state index contributed by atoms with van der Waals surface area (Å²) in [5.41, 5.74) is 0. The van der Waals surface area contributed by atoms with E-state index in [9.17, 15) is 25.5 Å². The van der Waals surface area contributed by atoms with Crippen LogP contribution in [-0.4, -0.2) is 104 Å². The second-order valence-corrected chi connectivity index (χ2v) is 5.27. The molecule has 2 rings (SSSR count). The molecule has 2 aliphatic heterocycles.